The largest absolute Gasteiger partial charge is 0.497 e. The number of fused-ring (bicyclic) bond motifs is 1. The zero-order chi connectivity index (χ0) is 33.1. The standard InChI is InChI=1S/C35H37N5O7/c1-4-8-27(42)37-34-38-32-29(33(44)39-34)36-20-40(32)28-19-26(41)30(47-28)31(43)35(21-9-6-5-7-10-21,22-11-15-24(45-2)16-12-22)23-13-17-25(46-3)18-14-23/h5-7,9-18,20,26,28,30-31,41,43H,4,8,19H2,1-3H3,(H2,37,38,39,42,44)/t26-,28+,30-,31?/m0/s1. The number of hydrogen-bond acceptors (Lipinski definition) is 9. The van der Waals surface area contributed by atoms with Crippen molar-refractivity contribution in [3.05, 3.63) is 112 Å². The summed E-state index contributed by atoms with van der Waals surface area (Å²) in [5, 5.41) is 26.8. The molecule has 5 aromatic rings. The molecule has 1 aliphatic heterocycles. The Labute approximate surface area is 271 Å². The van der Waals surface area contributed by atoms with Crippen LogP contribution in [0.3, 0.4) is 0 Å². The van der Waals surface area contributed by atoms with Crippen LogP contribution in [0.5, 0.6) is 11.5 Å². The first kappa shape index (κ1) is 31.9. The molecular weight excluding hydrogens is 602 g/mol. The van der Waals surface area contributed by atoms with E-state index in [9.17, 15) is 19.8 Å². The van der Waals surface area contributed by atoms with Gasteiger partial charge in [0.15, 0.2) is 11.2 Å². The van der Waals surface area contributed by atoms with Crippen LogP contribution in [0.15, 0.2) is 90.0 Å². The number of hydrogen-bond donors (Lipinski definition) is 4. The van der Waals surface area contributed by atoms with E-state index in [2.05, 4.69) is 20.3 Å². The van der Waals surface area contributed by atoms with Crippen molar-refractivity contribution in [3.63, 3.8) is 0 Å². The minimum atomic E-state index is -1.32. The quantitative estimate of drug-likeness (QED) is 0.157. The van der Waals surface area contributed by atoms with Crippen LogP contribution in [0, 0.1) is 0 Å². The Morgan fingerprint density at radius 2 is 1.62 bits per heavy atom. The van der Waals surface area contributed by atoms with Crippen molar-refractivity contribution in [2.75, 3.05) is 19.5 Å². The molecule has 12 nitrogen and oxygen atoms in total. The molecule has 6 rings (SSSR count). The van der Waals surface area contributed by atoms with Crippen LogP contribution in [0.1, 0.15) is 49.1 Å². The number of aromatic amines is 1. The third-order valence-electron chi connectivity index (χ3n) is 8.69. The molecule has 1 aliphatic rings. The van der Waals surface area contributed by atoms with Crippen LogP contribution in [-0.2, 0) is 14.9 Å². The van der Waals surface area contributed by atoms with Crippen LogP contribution >= 0.6 is 0 Å². The molecule has 12 heteroatoms. The summed E-state index contributed by atoms with van der Waals surface area (Å²) in [6.07, 6.45) is -1.96. The van der Waals surface area contributed by atoms with Crippen LogP contribution in [0.25, 0.3) is 11.2 Å². The molecular formula is C35H37N5O7. The number of benzene rings is 3. The molecule has 1 unspecified atom stereocenters. The minimum Gasteiger partial charge on any atom is -0.497 e. The fourth-order valence-corrected chi connectivity index (χ4v) is 6.42. The molecule has 3 aromatic carbocycles. The number of amides is 1. The lowest BCUT2D eigenvalue weighted by atomic mass is 9.64. The fraction of sp³-hybridized carbons (Fsp3) is 0.314. The molecule has 244 valence electrons. The fourth-order valence-electron chi connectivity index (χ4n) is 6.42. The van der Waals surface area contributed by atoms with Gasteiger partial charge in [0.1, 0.15) is 29.9 Å². The number of H-pyrrole nitrogens is 1. The lowest BCUT2D eigenvalue weighted by Crippen LogP contribution is -2.51. The summed E-state index contributed by atoms with van der Waals surface area (Å²) in [5.74, 6) is 1.000. The third-order valence-corrected chi connectivity index (χ3v) is 8.69. The monoisotopic (exact) mass is 639 g/mol. The summed E-state index contributed by atoms with van der Waals surface area (Å²) in [5.41, 5.74) is 0.742. The van der Waals surface area contributed by atoms with Gasteiger partial charge >= 0.3 is 0 Å². The highest BCUT2D eigenvalue weighted by molar-refractivity contribution is 5.89. The van der Waals surface area contributed by atoms with E-state index in [0.717, 1.165) is 16.7 Å². The molecule has 1 fully saturated rings. The number of anilines is 1. The Hall–Kier alpha value is -5.04. The average molecular weight is 640 g/mol. The highest BCUT2D eigenvalue weighted by Crippen LogP contribution is 2.47. The van der Waals surface area contributed by atoms with Gasteiger partial charge in [-0.25, -0.2) is 4.98 Å². The van der Waals surface area contributed by atoms with E-state index in [1.165, 1.54) is 6.33 Å². The lowest BCUT2D eigenvalue weighted by molar-refractivity contribution is -0.116. The highest BCUT2D eigenvalue weighted by Gasteiger charge is 2.52. The van der Waals surface area contributed by atoms with E-state index in [4.69, 9.17) is 14.2 Å². The average Bonchev–Trinajstić information content (AvgIpc) is 3.70. The first-order valence-corrected chi connectivity index (χ1v) is 15.4. The maximum Gasteiger partial charge on any atom is 0.280 e. The van der Waals surface area contributed by atoms with Crippen molar-refractivity contribution < 1.29 is 29.2 Å². The third kappa shape index (κ3) is 5.86. The summed E-state index contributed by atoms with van der Waals surface area (Å²) in [6.45, 7) is 1.87. The van der Waals surface area contributed by atoms with Gasteiger partial charge in [-0.2, -0.15) is 4.98 Å². The molecule has 2 aromatic heterocycles. The first-order chi connectivity index (χ1) is 22.8. The predicted molar refractivity (Wildman–Crippen MR) is 175 cm³/mol. The zero-order valence-electron chi connectivity index (χ0n) is 26.3. The van der Waals surface area contributed by atoms with E-state index < -0.39 is 35.5 Å². The number of aromatic nitrogens is 4. The number of nitrogens with zero attached hydrogens (tertiary/aromatic N) is 3. The first-order valence-electron chi connectivity index (χ1n) is 15.4. The number of aliphatic hydroxyl groups is 2. The number of aliphatic hydroxyl groups excluding tert-OH is 2. The summed E-state index contributed by atoms with van der Waals surface area (Å²) >= 11 is 0. The maximum absolute atomic E-state index is 12.8. The van der Waals surface area contributed by atoms with Gasteiger partial charge < -0.3 is 24.4 Å². The van der Waals surface area contributed by atoms with Crippen molar-refractivity contribution in [3.8, 4) is 11.5 Å². The van der Waals surface area contributed by atoms with Crippen molar-refractivity contribution in [1.82, 2.24) is 19.5 Å². The van der Waals surface area contributed by atoms with Gasteiger partial charge in [-0.15, -0.1) is 0 Å². The summed E-state index contributed by atoms with van der Waals surface area (Å²) in [6, 6.07) is 24.5. The van der Waals surface area contributed by atoms with E-state index in [0.29, 0.717) is 17.9 Å². The Morgan fingerprint density at radius 1 is 1.02 bits per heavy atom. The molecule has 4 N–H and O–H groups in total. The molecule has 0 aliphatic carbocycles. The minimum absolute atomic E-state index is 0.0139. The van der Waals surface area contributed by atoms with Gasteiger partial charge in [-0.05, 0) is 47.4 Å². The summed E-state index contributed by atoms with van der Waals surface area (Å²) < 4.78 is 18.9. The van der Waals surface area contributed by atoms with Crippen molar-refractivity contribution in [2.24, 2.45) is 0 Å². The highest BCUT2D eigenvalue weighted by atomic mass is 16.5. The molecule has 0 saturated carbocycles. The van der Waals surface area contributed by atoms with E-state index in [1.54, 1.807) is 18.8 Å². The number of carbonyl (C=O) groups is 1. The van der Waals surface area contributed by atoms with Crippen LogP contribution in [0.2, 0.25) is 0 Å². The molecule has 0 radical (unpaired) electrons. The maximum atomic E-state index is 12.8. The van der Waals surface area contributed by atoms with Crippen LogP contribution in [0.4, 0.5) is 5.95 Å². The second-order valence-corrected chi connectivity index (χ2v) is 11.5. The van der Waals surface area contributed by atoms with E-state index >= 15 is 0 Å². The molecule has 1 amide bonds. The van der Waals surface area contributed by atoms with Crippen molar-refractivity contribution in [1.29, 1.82) is 0 Å². The molecule has 47 heavy (non-hydrogen) atoms. The summed E-state index contributed by atoms with van der Waals surface area (Å²) in [7, 11) is 3.18. The van der Waals surface area contributed by atoms with Crippen molar-refractivity contribution >= 4 is 23.0 Å². The number of carbonyl (C=O) groups excluding carboxylic acids is 1. The van der Waals surface area contributed by atoms with Crippen LogP contribution < -0.4 is 20.3 Å². The Morgan fingerprint density at radius 3 is 2.19 bits per heavy atom. The predicted octanol–water partition coefficient (Wildman–Crippen LogP) is 3.92. The topological polar surface area (TPSA) is 161 Å². The number of nitrogens with one attached hydrogen (secondary N) is 2. The number of rotatable bonds is 11. The van der Waals surface area contributed by atoms with Gasteiger partial charge in [0.2, 0.25) is 11.9 Å². The molecule has 1 saturated heterocycles. The van der Waals surface area contributed by atoms with E-state index in [1.807, 2.05) is 85.8 Å². The number of imidazole rings is 1. The summed E-state index contributed by atoms with van der Waals surface area (Å²) in [4.78, 5) is 36.3. The molecule has 0 bridgehead atoms. The molecule has 0 spiro atoms. The van der Waals surface area contributed by atoms with Gasteiger partial charge in [0, 0.05) is 12.8 Å². The molecule has 3 heterocycles. The number of ether oxygens (including phenoxy) is 3. The van der Waals surface area contributed by atoms with Gasteiger partial charge in [0.05, 0.1) is 32.1 Å². The Balaban J connectivity index is 1.44. The second-order valence-electron chi connectivity index (χ2n) is 11.5. The second kappa shape index (κ2) is 13.4. The normalized spacial score (nSPS) is 18.6. The Kier molecular flexibility index (Phi) is 9.08. The van der Waals surface area contributed by atoms with Gasteiger partial charge in [-0.3, -0.25) is 24.5 Å². The van der Waals surface area contributed by atoms with Gasteiger partial charge in [0.25, 0.3) is 5.56 Å². The SMILES string of the molecule is CCCC(=O)Nc1nc2c(ncn2[C@H]2C[C@H](O)[C@@H](C(O)C(c3ccccc3)(c3ccc(OC)cc3)c3ccc(OC)cc3)O2)c(=O)[nH]1. The van der Waals surface area contributed by atoms with E-state index in [-0.39, 0.29) is 35.9 Å². The van der Waals surface area contributed by atoms with Gasteiger partial charge in [-0.1, -0.05) is 61.5 Å². The van der Waals surface area contributed by atoms with Crippen LogP contribution in [-0.4, -0.2) is 68.2 Å². The lowest BCUT2D eigenvalue weighted by Gasteiger charge is -2.43. The molecule has 4 atom stereocenters. The smallest absolute Gasteiger partial charge is 0.280 e. The zero-order valence-corrected chi connectivity index (χ0v) is 26.3. The van der Waals surface area contributed by atoms with Crippen molar-refractivity contribution in [2.45, 2.75) is 56.1 Å². The number of methoxy groups -OCH3 is 2. The Bertz CT molecular complexity index is 1840.